The topological polar surface area (TPSA) is 79.0 Å². The maximum atomic E-state index is 10.6. The summed E-state index contributed by atoms with van der Waals surface area (Å²) in [5.41, 5.74) is 6.07. The van der Waals surface area contributed by atoms with Gasteiger partial charge in [0.15, 0.2) is 0 Å². The molecule has 0 saturated carbocycles. The predicted molar refractivity (Wildman–Crippen MR) is 33.0 cm³/mol. The first-order valence-corrected chi connectivity index (χ1v) is 2.53. The van der Waals surface area contributed by atoms with Crippen LogP contribution >= 0.6 is 0 Å². The highest BCUT2D eigenvalue weighted by Crippen LogP contribution is 2.01. The van der Waals surface area contributed by atoms with E-state index in [4.69, 9.17) is 11.1 Å². The molecule has 4 N–H and O–H groups in total. The molecule has 48 valence electrons. The molecule has 1 aliphatic rings. The first-order valence-electron chi connectivity index (χ1n) is 2.53. The van der Waals surface area contributed by atoms with Crippen molar-refractivity contribution >= 4 is 12.1 Å². The molecule has 1 aliphatic heterocycles. The van der Waals surface area contributed by atoms with E-state index in [0.29, 0.717) is 12.2 Å². The summed E-state index contributed by atoms with van der Waals surface area (Å²) in [6.07, 6.45) is 0.970. The monoisotopic (exact) mass is 125 g/mol. The van der Waals surface area contributed by atoms with E-state index in [0.717, 1.165) is 6.21 Å². The second-order valence-corrected chi connectivity index (χ2v) is 1.77. The van der Waals surface area contributed by atoms with Crippen molar-refractivity contribution in [3.05, 3.63) is 11.3 Å². The molecular weight excluding hydrogens is 118 g/mol. The zero-order valence-corrected chi connectivity index (χ0v) is 4.77. The minimum atomic E-state index is -0.248. The highest BCUT2D eigenvalue weighted by Gasteiger charge is 2.17. The first-order chi connectivity index (χ1) is 4.25. The molecule has 1 rings (SSSR count). The van der Waals surface area contributed by atoms with Crippen molar-refractivity contribution in [3.8, 4) is 0 Å². The Morgan fingerprint density at radius 3 is 2.67 bits per heavy atom. The fourth-order valence-electron chi connectivity index (χ4n) is 0.670. The third kappa shape index (κ3) is 0.782. The second-order valence-electron chi connectivity index (χ2n) is 1.77. The summed E-state index contributed by atoms with van der Waals surface area (Å²) in [7, 11) is 0. The zero-order chi connectivity index (χ0) is 6.85. The fourth-order valence-corrected chi connectivity index (χ4v) is 0.670. The van der Waals surface area contributed by atoms with Gasteiger partial charge in [0.25, 0.3) is 5.91 Å². The number of hydrogen-bond acceptors (Lipinski definition) is 3. The van der Waals surface area contributed by atoms with Crippen LogP contribution in [0.5, 0.6) is 0 Å². The highest BCUT2D eigenvalue weighted by atomic mass is 16.1. The van der Waals surface area contributed by atoms with E-state index in [1.54, 1.807) is 0 Å². The Hall–Kier alpha value is -1.32. The van der Waals surface area contributed by atoms with Crippen LogP contribution in [0.15, 0.2) is 11.3 Å². The van der Waals surface area contributed by atoms with Gasteiger partial charge < -0.3 is 16.5 Å². The Morgan fingerprint density at radius 1 is 1.78 bits per heavy atom. The third-order valence-electron chi connectivity index (χ3n) is 1.17. The summed E-state index contributed by atoms with van der Waals surface area (Å²) in [5.74, 6) is -0.248. The Labute approximate surface area is 52.2 Å². The summed E-state index contributed by atoms with van der Waals surface area (Å²) >= 11 is 0. The van der Waals surface area contributed by atoms with Crippen molar-refractivity contribution in [1.29, 1.82) is 5.41 Å². The fraction of sp³-hybridized carbons (Fsp3) is 0.200. The van der Waals surface area contributed by atoms with E-state index >= 15 is 0 Å². The van der Waals surface area contributed by atoms with Crippen LogP contribution in [0.25, 0.3) is 0 Å². The lowest BCUT2D eigenvalue weighted by Gasteiger charge is -1.86. The van der Waals surface area contributed by atoms with E-state index in [2.05, 4.69) is 5.32 Å². The van der Waals surface area contributed by atoms with Gasteiger partial charge in [-0.15, -0.1) is 0 Å². The minimum Gasteiger partial charge on any atom is -0.400 e. The third-order valence-corrected chi connectivity index (χ3v) is 1.17. The number of nitrogens with one attached hydrogen (secondary N) is 2. The first kappa shape index (κ1) is 5.81. The van der Waals surface area contributed by atoms with E-state index in [1.165, 1.54) is 0 Å². The molecule has 0 saturated heterocycles. The summed E-state index contributed by atoms with van der Waals surface area (Å²) < 4.78 is 0. The van der Waals surface area contributed by atoms with Gasteiger partial charge in [-0.2, -0.15) is 0 Å². The van der Waals surface area contributed by atoms with Crippen molar-refractivity contribution in [3.63, 3.8) is 0 Å². The summed E-state index contributed by atoms with van der Waals surface area (Å²) in [6, 6.07) is 0. The standard InChI is InChI=1S/C5H7N3O/c6-1-3-4(7)2-8-5(3)9/h1,6H,2,7H2,(H,8,9). The van der Waals surface area contributed by atoms with Crippen LogP contribution in [0.3, 0.4) is 0 Å². The van der Waals surface area contributed by atoms with Gasteiger partial charge in [-0.3, -0.25) is 4.79 Å². The predicted octanol–water partition coefficient (Wildman–Crippen LogP) is -1.02. The molecular formula is C5H7N3O. The van der Waals surface area contributed by atoms with Gasteiger partial charge in [-0.05, 0) is 0 Å². The molecule has 0 aromatic heterocycles. The van der Waals surface area contributed by atoms with Crippen LogP contribution in [0.1, 0.15) is 0 Å². The molecule has 0 aromatic rings. The van der Waals surface area contributed by atoms with Crippen molar-refractivity contribution in [2.24, 2.45) is 5.73 Å². The number of carbonyl (C=O) groups is 1. The largest absolute Gasteiger partial charge is 0.400 e. The number of hydrogen-bond donors (Lipinski definition) is 3. The van der Waals surface area contributed by atoms with Crippen LogP contribution in [0, 0.1) is 5.41 Å². The van der Waals surface area contributed by atoms with Crippen molar-refractivity contribution in [1.82, 2.24) is 5.32 Å². The molecule has 9 heavy (non-hydrogen) atoms. The Morgan fingerprint density at radius 2 is 2.44 bits per heavy atom. The maximum absolute atomic E-state index is 10.6. The Bertz CT molecular complexity index is 194. The summed E-state index contributed by atoms with van der Waals surface area (Å²) in [6.45, 7) is 0.379. The molecule has 0 bridgehead atoms. The van der Waals surface area contributed by atoms with Crippen molar-refractivity contribution < 1.29 is 4.79 Å². The average molecular weight is 125 g/mol. The molecule has 0 spiro atoms. The van der Waals surface area contributed by atoms with Crippen LogP contribution in [0.4, 0.5) is 0 Å². The van der Waals surface area contributed by atoms with Gasteiger partial charge in [-0.1, -0.05) is 0 Å². The number of rotatable bonds is 1. The molecule has 0 radical (unpaired) electrons. The lowest BCUT2D eigenvalue weighted by Crippen LogP contribution is -2.18. The molecule has 4 nitrogen and oxygen atoms in total. The Kier molecular flexibility index (Phi) is 1.22. The van der Waals surface area contributed by atoms with Gasteiger partial charge in [0.1, 0.15) is 0 Å². The highest BCUT2D eigenvalue weighted by molar-refractivity contribution is 6.13. The van der Waals surface area contributed by atoms with Crippen LogP contribution < -0.4 is 11.1 Å². The van der Waals surface area contributed by atoms with Gasteiger partial charge in [-0.25, -0.2) is 0 Å². The van der Waals surface area contributed by atoms with Gasteiger partial charge in [0.2, 0.25) is 0 Å². The van der Waals surface area contributed by atoms with Gasteiger partial charge in [0, 0.05) is 11.9 Å². The lowest BCUT2D eigenvalue weighted by atomic mass is 10.3. The van der Waals surface area contributed by atoms with Crippen molar-refractivity contribution in [2.45, 2.75) is 0 Å². The SMILES string of the molecule is N=CC1=C(N)CNC1=O. The zero-order valence-electron chi connectivity index (χ0n) is 4.77. The van der Waals surface area contributed by atoms with E-state index in [9.17, 15) is 4.79 Å². The van der Waals surface area contributed by atoms with Crippen molar-refractivity contribution in [2.75, 3.05) is 6.54 Å². The normalized spacial score (nSPS) is 18.0. The van der Waals surface area contributed by atoms with Crippen LogP contribution in [-0.2, 0) is 4.79 Å². The van der Waals surface area contributed by atoms with Crippen LogP contribution in [-0.4, -0.2) is 18.7 Å². The maximum Gasteiger partial charge on any atom is 0.254 e. The molecule has 0 atom stereocenters. The summed E-state index contributed by atoms with van der Waals surface area (Å²) in [5, 5.41) is 9.22. The smallest absolute Gasteiger partial charge is 0.254 e. The second kappa shape index (κ2) is 1.89. The lowest BCUT2D eigenvalue weighted by molar-refractivity contribution is -0.116. The quantitative estimate of drug-likeness (QED) is 0.392. The van der Waals surface area contributed by atoms with Gasteiger partial charge in [0.05, 0.1) is 12.1 Å². The van der Waals surface area contributed by atoms with E-state index in [-0.39, 0.29) is 11.5 Å². The number of nitrogens with two attached hydrogens (primary N) is 1. The van der Waals surface area contributed by atoms with Gasteiger partial charge >= 0.3 is 0 Å². The molecule has 0 fully saturated rings. The summed E-state index contributed by atoms with van der Waals surface area (Å²) in [4.78, 5) is 10.6. The molecule has 0 aromatic carbocycles. The number of amides is 1. The van der Waals surface area contributed by atoms with Crippen LogP contribution in [0.2, 0.25) is 0 Å². The molecule has 0 aliphatic carbocycles. The van der Waals surface area contributed by atoms with E-state index < -0.39 is 0 Å². The minimum absolute atomic E-state index is 0.248. The molecule has 4 heteroatoms. The Balaban J connectivity index is 2.94. The molecule has 0 unspecified atom stereocenters. The molecule has 1 amide bonds. The van der Waals surface area contributed by atoms with E-state index in [1.807, 2.05) is 0 Å². The number of carbonyl (C=O) groups excluding carboxylic acids is 1. The molecule has 1 heterocycles. The average Bonchev–Trinajstić information content (AvgIpc) is 2.12.